The molecule has 96 valence electrons. The van der Waals surface area contributed by atoms with Crippen molar-refractivity contribution in [2.45, 2.75) is 19.9 Å². The van der Waals surface area contributed by atoms with Crippen molar-refractivity contribution in [2.75, 3.05) is 7.11 Å². The Morgan fingerprint density at radius 2 is 1.94 bits per heavy atom. The molecule has 18 heavy (non-hydrogen) atoms. The Labute approximate surface area is 115 Å². The van der Waals surface area contributed by atoms with Crippen LogP contribution >= 0.6 is 15.9 Å². The summed E-state index contributed by atoms with van der Waals surface area (Å²) < 4.78 is 6.18. The van der Waals surface area contributed by atoms with Crippen LogP contribution in [0, 0.1) is 13.8 Å². The molecule has 1 heterocycles. The number of hydrogen-bond acceptors (Lipinski definition) is 3. The Morgan fingerprint density at radius 3 is 2.39 bits per heavy atom. The van der Waals surface area contributed by atoms with Crippen LogP contribution in [0.4, 0.5) is 0 Å². The molecule has 0 aliphatic rings. The highest BCUT2D eigenvalue weighted by Gasteiger charge is 2.15. The lowest BCUT2D eigenvalue weighted by atomic mass is 10.0. The lowest BCUT2D eigenvalue weighted by Crippen LogP contribution is -2.14. The van der Waals surface area contributed by atoms with Crippen molar-refractivity contribution in [3.63, 3.8) is 0 Å². The van der Waals surface area contributed by atoms with E-state index in [1.54, 1.807) is 13.3 Å². The third-order valence-electron chi connectivity index (χ3n) is 2.90. The fraction of sp³-hybridized carbons (Fsp3) is 0.308. The zero-order valence-corrected chi connectivity index (χ0v) is 12.2. The Kier molecular flexibility index (Phi) is 3.73. The van der Waals surface area contributed by atoms with E-state index in [-0.39, 0.29) is 6.04 Å². The van der Waals surface area contributed by atoms with Crippen LogP contribution in [-0.4, -0.2) is 17.1 Å². The van der Waals surface area contributed by atoms with Crippen LogP contribution in [0.3, 0.4) is 0 Å². The minimum Gasteiger partial charge on any atom is -0.496 e. The molecule has 3 N–H and O–H groups in total. The molecule has 0 saturated heterocycles. The summed E-state index contributed by atoms with van der Waals surface area (Å²) in [6.07, 6.45) is 1.71. The normalized spacial score (nSPS) is 12.5. The number of nitrogens with zero attached hydrogens (tertiary/aromatic N) is 1. The summed E-state index contributed by atoms with van der Waals surface area (Å²) in [7, 11) is 1.68. The van der Waals surface area contributed by atoms with E-state index >= 15 is 0 Å². The second kappa shape index (κ2) is 5.12. The summed E-state index contributed by atoms with van der Waals surface area (Å²) in [6.45, 7) is 4.03. The van der Waals surface area contributed by atoms with Gasteiger partial charge in [-0.1, -0.05) is 12.1 Å². The Bertz CT molecular complexity index is 542. The highest BCUT2D eigenvalue weighted by molar-refractivity contribution is 9.10. The highest BCUT2D eigenvalue weighted by atomic mass is 79.9. The summed E-state index contributed by atoms with van der Waals surface area (Å²) in [5, 5.41) is 0. The largest absolute Gasteiger partial charge is 0.496 e. The molecular formula is C13H16BrN3O. The van der Waals surface area contributed by atoms with Crippen LogP contribution in [0.2, 0.25) is 0 Å². The number of methoxy groups -OCH3 is 1. The first-order chi connectivity index (χ1) is 8.52. The van der Waals surface area contributed by atoms with Crippen LogP contribution in [0.15, 0.2) is 22.9 Å². The number of aromatic nitrogens is 2. The summed E-state index contributed by atoms with van der Waals surface area (Å²) in [4.78, 5) is 7.33. The smallest absolute Gasteiger partial charge is 0.128 e. The third kappa shape index (κ3) is 2.42. The van der Waals surface area contributed by atoms with Gasteiger partial charge in [0, 0.05) is 0 Å². The van der Waals surface area contributed by atoms with Gasteiger partial charge in [-0.2, -0.15) is 0 Å². The van der Waals surface area contributed by atoms with Gasteiger partial charge in [-0.15, -0.1) is 0 Å². The molecule has 1 atom stereocenters. The second-order valence-corrected chi connectivity index (χ2v) is 5.14. The number of ether oxygens (including phenoxy) is 1. The van der Waals surface area contributed by atoms with Crippen LogP contribution in [0.5, 0.6) is 5.75 Å². The fourth-order valence-electron chi connectivity index (χ4n) is 2.11. The van der Waals surface area contributed by atoms with E-state index in [0.717, 1.165) is 32.9 Å². The molecular weight excluding hydrogens is 294 g/mol. The van der Waals surface area contributed by atoms with Crippen LogP contribution in [0.1, 0.15) is 28.6 Å². The number of nitrogens with one attached hydrogen (secondary N) is 1. The minimum absolute atomic E-state index is 0.264. The number of aryl methyl sites for hydroxylation is 2. The molecule has 1 unspecified atom stereocenters. The van der Waals surface area contributed by atoms with Crippen LogP contribution < -0.4 is 10.5 Å². The van der Waals surface area contributed by atoms with E-state index in [1.165, 1.54) is 0 Å². The van der Waals surface area contributed by atoms with E-state index < -0.39 is 0 Å². The van der Waals surface area contributed by atoms with Gasteiger partial charge in [-0.05, 0) is 46.5 Å². The van der Waals surface area contributed by atoms with Crippen molar-refractivity contribution in [1.29, 1.82) is 0 Å². The summed E-state index contributed by atoms with van der Waals surface area (Å²) >= 11 is 3.33. The van der Waals surface area contributed by atoms with E-state index in [4.69, 9.17) is 10.5 Å². The SMILES string of the molecule is COc1c(C)cc(C(N)c2ncc(Br)[nH]2)cc1C. The number of rotatable bonds is 3. The van der Waals surface area contributed by atoms with Gasteiger partial charge in [0.15, 0.2) is 0 Å². The summed E-state index contributed by atoms with van der Waals surface area (Å²) in [5.74, 6) is 1.65. The van der Waals surface area contributed by atoms with Gasteiger partial charge in [0.2, 0.25) is 0 Å². The average Bonchev–Trinajstić information content (AvgIpc) is 2.74. The predicted octanol–water partition coefficient (Wildman–Crippen LogP) is 2.85. The van der Waals surface area contributed by atoms with Gasteiger partial charge in [-0.25, -0.2) is 4.98 Å². The van der Waals surface area contributed by atoms with Gasteiger partial charge in [-0.3, -0.25) is 0 Å². The Hall–Kier alpha value is -1.33. The molecule has 4 nitrogen and oxygen atoms in total. The van der Waals surface area contributed by atoms with E-state index in [0.29, 0.717) is 0 Å². The van der Waals surface area contributed by atoms with Crippen molar-refractivity contribution in [2.24, 2.45) is 5.73 Å². The lowest BCUT2D eigenvalue weighted by Gasteiger charge is -2.14. The number of nitrogens with two attached hydrogens (primary N) is 1. The van der Waals surface area contributed by atoms with Crippen molar-refractivity contribution < 1.29 is 4.74 Å². The lowest BCUT2D eigenvalue weighted by molar-refractivity contribution is 0.408. The number of hydrogen-bond donors (Lipinski definition) is 2. The Morgan fingerprint density at radius 1 is 1.33 bits per heavy atom. The maximum atomic E-state index is 6.20. The molecule has 0 amide bonds. The molecule has 2 aromatic rings. The van der Waals surface area contributed by atoms with Gasteiger partial charge in [0.05, 0.1) is 19.3 Å². The molecule has 0 aliphatic heterocycles. The minimum atomic E-state index is -0.264. The maximum absolute atomic E-state index is 6.20. The molecule has 1 aromatic carbocycles. The maximum Gasteiger partial charge on any atom is 0.128 e. The molecule has 5 heteroatoms. The predicted molar refractivity (Wildman–Crippen MR) is 74.8 cm³/mol. The van der Waals surface area contributed by atoms with E-state index in [1.807, 2.05) is 26.0 Å². The average molecular weight is 310 g/mol. The van der Waals surface area contributed by atoms with Crippen molar-refractivity contribution in [1.82, 2.24) is 9.97 Å². The monoisotopic (exact) mass is 309 g/mol. The number of halogens is 1. The quantitative estimate of drug-likeness (QED) is 0.916. The van der Waals surface area contributed by atoms with Crippen LogP contribution in [-0.2, 0) is 0 Å². The first-order valence-electron chi connectivity index (χ1n) is 5.64. The molecule has 0 fully saturated rings. The summed E-state index contributed by atoms with van der Waals surface area (Å²) in [6, 6.07) is 3.81. The third-order valence-corrected chi connectivity index (χ3v) is 3.31. The number of H-pyrrole nitrogens is 1. The molecule has 0 spiro atoms. The fourth-order valence-corrected chi connectivity index (χ4v) is 2.42. The number of benzene rings is 1. The molecule has 0 bridgehead atoms. The molecule has 0 radical (unpaired) electrons. The van der Waals surface area contributed by atoms with Crippen molar-refractivity contribution >= 4 is 15.9 Å². The number of aromatic amines is 1. The van der Waals surface area contributed by atoms with Gasteiger partial charge in [0.1, 0.15) is 16.2 Å². The van der Waals surface area contributed by atoms with Crippen molar-refractivity contribution in [3.8, 4) is 5.75 Å². The standard InChI is InChI=1S/C13H16BrN3O/c1-7-4-9(5-8(2)12(7)18-3)11(15)13-16-6-10(14)17-13/h4-6,11H,15H2,1-3H3,(H,16,17). The first-order valence-corrected chi connectivity index (χ1v) is 6.43. The summed E-state index contributed by atoms with van der Waals surface area (Å²) in [5.41, 5.74) is 9.38. The van der Waals surface area contributed by atoms with Gasteiger partial charge >= 0.3 is 0 Å². The van der Waals surface area contributed by atoms with Gasteiger partial charge < -0.3 is 15.5 Å². The van der Waals surface area contributed by atoms with E-state index in [2.05, 4.69) is 25.9 Å². The first kappa shape index (κ1) is 13.1. The van der Waals surface area contributed by atoms with Crippen LogP contribution in [0.25, 0.3) is 0 Å². The number of imidazole rings is 1. The zero-order chi connectivity index (χ0) is 13.3. The second-order valence-electron chi connectivity index (χ2n) is 4.28. The molecule has 0 saturated carbocycles. The molecule has 2 rings (SSSR count). The highest BCUT2D eigenvalue weighted by Crippen LogP contribution is 2.28. The zero-order valence-electron chi connectivity index (χ0n) is 10.6. The van der Waals surface area contributed by atoms with Gasteiger partial charge in [0.25, 0.3) is 0 Å². The van der Waals surface area contributed by atoms with Crippen molar-refractivity contribution in [3.05, 3.63) is 45.4 Å². The molecule has 1 aromatic heterocycles. The molecule has 0 aliphatic carbocycles. The Balaban J connectivity index is 2.40. The topological polar surface area (TPSA) is 63.9 Å². The van der Waals surface area contributed by atoms with E-state index in [9.17, 15) is 0 Å².